The predicted molar refractivity (Wildman–Crippen MR) is 31.7 cm³/mol. The standard InChI is InChI=1S/C6H10O3.2Co/c1-3-5(7)9-6(8)4-2;;/h3-4H2,1-2H3;;. The average Bonchev–Trinajstić information content (AvgIpc) is 1.87. The largest absolute Gasteiger partial charge is 0.393 e. The van der Waals surface area contributed by atoms with E-state index in [2.05, 4.69) is 4.74 Å². The Morgan fingerprint density at radius 2 is 1.27 bits per heavy atom. The first-order valence-corrected chi connectivity index (χ1v) is 2.94. The van der Waals surface area contributed by atoms with E-state index in [0.29, 0.717) is 0 Å². The Kier molecular flexibility index (Phi) is 16.0. The molecule has 0 rings (SSSR count). The molecule has 3 nitrogen and oxygen atoms in total. The number of ether oxygens (including phenoxy) is 1. The van der Waals surface area contributed by atoms with Crippen LogP contribution in [0.2, 0.25) is 0 Å². The maximum atomic E-state index is 10.3. The van der Waals surface area contributed by atoms with E-state index >= 15 is 0 Å². The first-order valence-electron chi connectivity index (χ1n) is 2.94. The van der Waals surface area contributed by atoms with E-state index in [1.54, 1.807) is 13.8 Å². The summed E-state index contributed by atoms with van der Waals surface area (Å²) in [6.45, 7) is 3.29. The molecule has 0 bridgehead atoms. The van der Waals surface area contributed by atoms with Gasteiger partial charge in [0.15, 0.2) is 0 Å². The van der Waals surface area contributed by atoms with E-state index in [1.807, 2.05) is 0 Å². The van der Waals surface area contributed by atoms with Crippen molar-refractivity contribution in [1.29, 1.82) is 0 Å². The van der Waals surface area contributed by atoms with Crippen LogP contribution in [0.25, 0.3) is 0 Å². The molecule has 0 atom stereocenters. The molecular weight excluding hydrogens is 238 g/mol. The van der Waals surface area contributed by atoms with Crippen LogP contribution in [0.5, 0.6) is 0 Å². The van der Waals surface area contributed by atoms with Gasteiger partial charge in [-0.1, -0.05) is 13.8 Å². The normalized spacial score (nSPS) is 7.09. The molecule has 0 saturated heterocycles. The number of carbonyl (C=O) groups excluding carboxylic acids is 2. The van der Waals surface area contributed by atoms with E-state index < -0.39 is 11.9 Å². The van der Waals surface area contributed by atoms with Crippen molar-refractivity contribution in [2.45, 2.75) is 26.7 Å². The molecule has 70 valence electrons. The van der Waals surface area contributed by atoms with E-state index in [0.717, 1.165) is 0 Å². The Morgan fingerprint density at radius 3 is 1.45 bits per heavy atom. The van der Waals surface area contributed by atoms with E-state index in [1.165, 1.54) is 0 Å². The maximum absolute atomic E-state index is 10.3. The second-order valence-corrected chi connectivity index (χ2v) is 1.55. The molecule has 0 aliphatic carbocycles. The molecule has 0 aromatic heterocycles. The third kappa shape index (κ3) is 10.2. The molecule has 0 aliphatic rings. The van der Waals surface area contributed by atoms with Gasteiger partial charge in [-0.25, -0.2) is 0 Å². The van der Waals surface area contributed by atoms with Crippen molar-refractivity contribution in [3.63, 3.8) is 0 Å². The molecule has 0 amide bonds. The topological polar surface area (TPSA) is 43.4 Å². The second-order valence-electron chi connectivity index (χ2n) is 1.55. The number of hydrogen-bond acceptors (Lipinski definition) is 3. The van der Waals surface area contributed by atoms with Gasteiger partial charge in [-0.05, 0) is 0 Å². The Morgan fingerprint density at radius 1 is 1.00 bits per heavy atom. The first-order chi connectivity index (χ1) is 4.20. The molecule has 0 unspecified atom stereocenters. The van der Waals surface area contributed by atoms with Crippen molar-refractivity contribution in [2.75, 3.05) is 0 Å². The van der Waals surface area contributed by atoms with Crippen molar-refractivity contribution >= 4 is 11.9 Å². The van der Waals surface area contributed by atoms with Gasteiger partial charge in [-0.3, -0.25) is 9.59 Å². The van der Waals surface area contributed by atoms with Crippen LogP contribution in [0.4, 0.5) is 0 Å². The van der Waals surface area contributed by atoms with E-state index in [9.17, 15) is 9.59 Å². The summed E-state index contributed by atoms with van der Waals surface area (Å²) in [5.41, 5.74) is 0. The summed E-state index contributed by atoms with van der Waals surface area (Å²) in [6, 6.07) is 0. The number of carbonyl (C=O) groups is 2. The summed E-state index contributed by atoms with van der Waals surface area (Å²) in [6.07, 6.45) is 0.511. The number of rotatable bonds is 2. The monoisotopic (exact) mass is 248 g/mol. The van der Waals surface area contributed by atoms with Crippen molar-refractivity contribution in [3.05, 3.63) is 0 Å². The third-order valence-corrected chi connectivity index (χ3v) is 0.805. The Balaban J connectivity index is -0.000000320. The first kappa shape index (κ1) is 17.3. The molecule has 0 spiro atoms. The van der Waals surface area contributed by atoms with Gasteiger partial charge in [0.1, 0.15) is 0 Å². The van der Waals surface area contributed by atoms with Crippen LogP contribution in [-0.4, -0.2) is 11.9 Å². The van der Waals surface area contributed by atoms with Gasteiger partial charge in [-0.2, -0.15) is 0 Å². The second kappa shape index (κ2) is 10.2. The Bertz CT molecular complexity index is 111. The van der Waals surface area contributed by atoms with Gasteiger partial charge in [-0.15, -0.1) is 0 Å². The van der Waals surface area contributed by atoms with Crippen molar-refractivity contribution in [3.8, 4) is 0 Å². The Labute approximate surface area is 86.6 Å². The number of hydrogen-bond donors (Lipinski definition) is 0. The summed E-state index contributed by atoms with van der Waals surface area (Å²) in [5, 5.41) is 0. The van der Waals surface area contributed by atoms with Crippen LogP contribution in [0.15, 0.2) is 0 Å². The average molecular weight is 248 g/mol. The minimum atomic E-state index is -0.457. The summed E-state index contributed by atoms with van der Waals surface area (Å²) in [4.78, 5) is 20.7. The molecular formula is C6H10Co2O3. The third-order valence-electron chi connectivity index (χ3n) is 0.805. The molecule has 0 fully saturated rings. The van der Waals surface area contributed by atoms with E-state index in [-0.39, 0.29) is 46.4 Å². The summed E-state index contributed by atoms with van der Waals surface area (Å²) < 4.78 is 4.27. The van der Waals surface area contributed by atoms with Gasteiger partial charge in [0, 0.05) is 46.4 Å². The zero-order chi connectivity index (χ0) is 7.28. The van der Waals surface area contributed by atoms with Crippen LogP contribution in [0.1, 0.15) is 26.7 Å². The molecule has 0 aromatic carbocycles. The zero-order valence-corrected chi connectivity index (χ0v) is 8.39. The summed E-state index contributed by atoms with van der Waals surface area (Å²) >= 11 is 0. The van der Waals surface area contributed by atoms with Gasteiger partial charge in [0.05, 0.1) is 0 Å². The van der Waals surface area contributed by atoms with Crippen LogP contribution in [0.3, 0.4) is 0 Å². The van der Waals surface area contributed by atoms with Crippen LogP contribution in [0, 0.1) is 0 Å². The van der Waals surface area contributed by atoms with Crippen molar-refractivity contribution in [2.24, 2.45) is 0 Å². The molecule has 11 heavy (non-hydrogen) atoms. The maximum Gasteiger partial charge on any atom is 0.313 e. The SMILES string of the molecule is CCC(=O)OC(=O)CC.[Co].[Co]. The van der Waals surface area contributed by atoms with Gasteiger partial charge < -0.3 is 4.74 Å². The molecule has 0 aromatic rings. The fourth-order valence-electron chi connectivity index (χ4n) is 0.271. The quantitative estimate of drug-likeness (QED) is 0.538. The van der Waals surface area contributed by atoms with E-state index in [4.69, 9.17) is 0 Å². The number of esters is 2. The minimum absolute atomic E-state index is 0. The molecule has 0 aliphatic heterocycles. The van der Waals surface area contributed by atoms with Crippen molar-refractivity contribution < 1.29 is 47.9 Å². The van der Waals surface area contributed by atoms with Crippen molar-refractivity contribution in [1.82, 2.24) is 0 Å². The van der Waals surface area contributed by atoms with Gasteiger partial charge in [0.25, 0.3) is 0 Å². The fourth-order valence-corrected chi connectivity index (χ4v) is 0.271. The fraction of sp³-hybridized carbons (Fsp3) is 0.667. The molecule has 5 heteroatoms. The van der Waals surface area contributed by atoms with Crippen LogP contribution < -0.4 is 0 Å². The molecule has 0 saturated carbocycles. The molecule has 2 radical (unpaired) electrons. The van der Waals surface area contributed by atoms with Crippen LogP contribution in [-0.2, 0) is 47.9 Å². The zero-order valence-electron chi connectivity index (χ0n) is 6.31. The molecule has 0 N–H and O–H groups in total. The smallest absolute Gasteiger partial charge is 0.313 e. The predicted octanol–water partition coefficient (Wildman–Crippen LogP) is 0.871. The van der Waals surface area contributed by atoms with Gasteiger partial charge >= 0.3 is 11.9 Å². The Hall–Kier alpha value is 0.153. The summed E-state index contributed by atoms with van der Waals surface area (Å²) in [5.74, 6) is -0.913. The summed E-state index contributed by atoms with van der Waals surface area (Å²) in [7, 11) is 0. The minimum Gasteiger partial charge on any atom is -0.393 e. The van der Waals surface area contributed by atoms with Crippen LogP contribution >= 0.6 is 0 Å². The molecule has 0 heterocycles. The van der Waals surface area contributed by atoms with Gasteiger partial charge in [0.2, 0.25) is 0 Å².